The van der Waals surface area contributed by atoms with Gasteiger partial charge in [0, 0.05) is 18.9 Å². The summed E-state index contributed by atoms with van der Waals surface area (Å²) >= 11 is 0. The molecule has 2 nitrogen and oxygen atoms in total. The highest BCUT2D eigenvalue weighted by Gasteiger charge is 2.43. The van der Waals surface area contributed by atoms with Crippen molar-refractivity contribution in [3.8, 4) is 0 Å². The summed E-state index contributed by atoms with van der Waals surface area (Å²) in [4.78, 5) is 11.7. The quantitative estimate of drug-likeness (QED) is 0.840. The Bertz CT molecular complexity index is 541. The maximum Gasteiger partial charge on any atom is 0.416 e. The van der Waals surface area contributed by atoms with Crippen LogP contribution in [-0.2, 0) is 17.4 Å². The van der Waals surface area contributed by atoms with Gasteiger partial charge in [-0.2, -0.15) is 13.2 Å². The fourth-order valence-corrected chi connectivity index (χ4v) is 2.59. The van der Waals surface area contributed by atoms with E-state index in [1.54, 1.807) is 0 Å². The largest absolute Gasteiger partial charge is 0.416 e. The molecule has 2 rings (SSSR count). The molecule has 1 fully saturated rings. The van der Waals surface area contributed by atoms with Crippen molar-refractivity contribution in [1.82, 2.24) is 5.32 Å². The summed E-state index contributed by atoms with van der Waals surface area (Å²) in [7, 11) is 0. The summed E-state index contributed by atoms with van der Waals surface area (Å²) in [5.41, 5.74) is -0.634. The number of hydrogen-bond acceptors (Lipinski definition) is 1. The first-order valence-corrected chi connectivity index (χ1v) is 6.99. The summed E-state index contributed by atoms with van der Waals surface area (Å²) in [5.74, 6) is -4.22. The van der Waals surface area contributed by atoms with Crippen LogP contribution in [0.2, 0.25) is 0 Å². The highest BCUT2D eigenvalue weighted by Crippen LogP contribution is 2.39. The number of hydrogen-bond donors (Lipinski definition) is 1. The molecule has 1 aromatic rings. The van der Waals surface area contributed by atoms with Crippen LogP contribution in [0.5, 0.6) is 0 Å². The lowest BCUT2D eigenvalue weighted by molar-refractivity contribution is -0.137. The van der Waals surface area contributed by atoms with Gasteiger partial charge in [-0.25, -0.2) is 8.78 Å². The van der Waals surface area contributed by atoms with Crippen molar-refractivity contribution < 1.29 is 26.7 Å². The van der Waals surface area contributed by atoms with Crippen molar-refractivity contribution in [3.05, 3.63) is 35.4 Å². The average molecular weight is 321 g/mol. The third-order valence-corrected chi connectivity index (χ3v) is 3.82. The molecule has 0 heterocycles. The second-order valence-electron chi connectivity index (χ2n) is 5.53. The van der Waals surface area contributed by atoms with Gasteiger partial charge in [0.25, 0.3) is 5.92 Å². The van der Waals surface area contributed by atoms with Crippen molar-refractivity contribution in [2.75, 3.05) is 6.54 Å². The second-order valence-corrected chi connectivity index (χ2v) is 5.53. The molecule has 1 atom stereocenters. The molecule has 1 saturated carbocycles. The summed E-state index contributed by atoms with van der Waals surface area (Å²) in [6, 6.07) is 4.43. The number of halogens is 5. The lowest BCUT2D eigenvalue weighted by Crippen LogP contribution is -2.36. The third kappa shape index (κ3) is 4.18. The second kappa shape index (κ2) is 6.22. The smallest absolute Gasteiger partial charge is 0.355 e. The van der Waals surface area contributed by atoms with Crippen LogP contribution in [0.15, 0.2) is 24.3 Å². The van der Waals surface area contributed by atoms with Crippen LogP contribution < -0.4 is 5.32 Å². The van der Waals surface area contributed by atoms with Crippen LogP contribution >= 0.6 is 0 Å². The number of carbonyl (C=O) groups is 1. The molecule has 1 unspecified atom stereocenters. The van der Waals surface area contributed by atoms with Crippen LogP contribution in [0.4, 0.5) is 22.0 Å². The molecule has 22 heavy (non-hydrogen) atoms. The van der Waals surface area contributed by atoms with E-state index < -0.39 is 29.5 Å². The molecule has 0 radical (unpaired) electrons. The predicted molar refractivity (Wildman–Crippen MR) is 70.4 cm³/mol. The average Bonchev–Trinajstić information content (AvgIpc) is 2.75. The van der Waals surface area contributed by atoms with Gasteiger partial charge in [-0.15, -0.1) is 0 Å². The molecule has 1 aliphatic rings. The Hall–Kier alpha value is -1.66. The van der Waals surface area contributed by atoms with E-state index >= 15 is 0 Å². The lowest BCUT2D eigenvalue weighted by atomic mass is 10.0. The van der Waals surface area contributed by atoms with E-state index in [0.717, 1.165) is 12.1 Å². The van der Waals surface area contributed by atoms with Gasteiger partial charge in [-0.1, -0.05) is 18.2 Å². The summed E-state index contributed by atoms with van der Waals surface area (Å²) in [6.45, 7) is -0.148. The summed E-state index contributed by atoms with van der Waals surface area (Å²) in [5, 5.41) is 2.39. The first-order chi connectivity index (χ1) is 10.2. The minimum atomic E-state index is -4.47. The number of benzene rings is 1. The Morgan fingerprint density at radius 2 is 2.05 bits per heavy atom. The number of amides is 1. The number of carbonyl (C=O) groups excluding carboxylic acids is 1. The van der Waals surface area contributed by atoms with E-state index in [1.807, 2.05) is 0 Å². The van der Waals surface area contributed by atoms with Crippen LogP contribution in [-0.4, -0.2) is 18.4 Å². The molecular formula is C15H16F5NO. The molecule has 7 heteroatoms. The number of alkyl halides is 5. The van der Waals surface area contributed by atoms with Gasteiger partial charge in [0.05, 0.1) is 12.0 Å². The molecule has 0 aromatic heterocycles. The van der Waals surface area contributed by atoms with E-state index in [0.29, 0.717) is 12.8 Å². The topological polar surface area (TPSA) is 29.1 Å². The lowest BCUT2D eigenvalue weighted by Gasteiger charge is -2.19. The minimum absolute atomic E-state index is 0.148. The fraction of sp³-hybridized carbons (Fsp3) is 0.533. The Morgan fingerprint density at radius 3 is 2.64 bits per heavy atom. The normalized spacial score (nSPS) is 20.9. The molecule has 122 valence electrons. The SMILES string of the molecule is O=C(Cc1cccc(C(F)(F)F)c1)NCC1CCCC1(F)F. The molecule has 1 aromatic carbocycles. The van der Waals surface area contributed by atoms with Crippen LogP contribution in [0.1, 0.15) is 30.4 Å². The van der Waals surface area contributed by atoms with E-state index in [9.17, 15) is 26.7 Å². The van der Waals surface area contributed by atoms with Crippen molar-refractivity contribution in [2.24, 2.45) is 5.92 Å². The molecule has 1 aliphatic carbocycles. The Kier molecular flexibility index (Phi) is 4.72. The van der Waals surface area contributed by atoms with Crippen molar-refractivity contribution in [2.45, 2.75) is 37.8 Å². The van der Waals surface area contributed by atoms with E-state index in [-0.39, 0.29) is 24.9 Å². The highest BCUT2D eigenvalue weighted by molar-refractivity contribution is 5.78. The van der Waals surface area contributed by atoms with Gasteiger partial charge in [-0.3, -0.25) is 4.79 Å². The number of nitrogens with one attached hydrogen (secondary N) is 1. The standard InChI is InChI=1S/C15H16F5NO/c16-14(17)6-2-5-12(14)9-21-13(22)8-10-3-1-4-11(7-10)15(18,19)20/h1,3-4,7,12H,2,5-6,8-9H2,(H,21,22). The molecule has 0 saturated heterocycles. The zero-order chi connectivity index (χ0) is 16.4. The highest BCUT2D eigenvalue weighted by atomic mass is 19.4. The minimum Gasteiger partial charge on any atom is -0.355 e. The first kappa shape index (κ1) is 16.7. The Labute approximate surface area is 124 Å². The maximum absolute atomic E-state index is 13.4. The predicted octanol–water partition coefficient (Wildman–Crippen LogP) is 3.80. The van der Waals surface area contributed by atoms with E-state index in [2.05, 4.69) is 5.32 Å². The van der Waals surface area contributed by atoms with Gasteiger partial charge in [-0.05, 0) is 24.5 Å². The molecule has 0 bridgehead atoms. The maximum atomic E-state index is 13.4. The zero-order valence-corrected chi connectivity index (χ0v) is 11.7. The summed E-state index contributed by atoms with van der Waals surface area (Å²) < 4.78 is 64.5. The molecule has 0 spiro atoms. The van der Waals surface area contributed by atoms with Crippen molar-refractivity contribution in [1.29, 1.82) is 0 Å². The van der Waals surface area contributed by atoms with Crippen LogP contribution in [0.25, 0.3) is 0 Å². The number of rotatable bonds is 4. The van der Waals surface area contributed by atoms with Gasteiger partial charge in [0.15, 0.2) is 0 Å². The Morgan fingerprint density at radius 1 is 1.32 bits per heavy atom. The summed E-state index contributed by atoms with van der Waals surface area (Å²) in [6.07, 6.45) is -4.15. The molecule has 1 amide bonds. The fourth-order valence-electron chi connectivity index (χ4n) is 2.59. The van der Waals surface area contributed by atoms with Gasteiger partial charge < -0.3 is 5.32 Å². The van der Waals surface area contributed by atoms with Crippen molar-refractivity contribution >= 4 is 5.91 Å². The van der Waals surface area contributed by atoms with Crippen molar-refractivity contribution in [3.63, 3.8) is 0 Å². The zero-order valence-electron chi connectivity index (χ0n) is 11.7. The first-order valence-electron chi connectivity index (χ1n) is 6.99. The Balaban J connectivity index is 1.90. The van der Waals surface area contributed by atoms with E-state index in [4.69, 9.17) is 0 Å². The van der Waals surface area contributed by atoms with E-state index in [1.165, 1.54) is 12.1 Å². The van der Waals surface area contributed by atoms with Crippen LogP contribution in [0.3, 0.4) is 0 Å². The van der Waals surface area contributed by atoms with Gasteiger partial charge in [0.1, 0.15) is 0 Å². The van der Waals surface area contributed by atoms with Gasteiger partial charge >= 0.3 is 6.18 Å². The van der Waals surface area contributed by atoms with Gasteiger partial charge in [0.2, 0.25) is 5.91 Å². The molecule has 1 N–H and O–H groups in total. The monoisotopic (exact) mass is 321 g/mol. The molecular weight excluding hydrogens is 305 g/mol. The molecule has 0 aliphatic heterocycles. The van der Waals surface area contributed by atoms with Crippen LogP contribution in [0, 0.1) is 5.92 Å². The third-order valence-electron chi connectivity index (χ3n) is 3.82.